The molecular weight excluding hydrogens is 279 g/mol. The van der Waals surface area contributed by atoms with E-state index in [0.717, 1.165) is 50.9 Å². The summed E-state index contributed by atoms with van der Waals surface area (Å²) in [7, 11) is 0. The van der Waals surface area contributed by atoms with Gasteiger partial charge in [0, 0.05) is 19.2 Å². The molecule has 1 fully saturated rings. The zero-order valence-corrected chi connectivity index (χ0v) is 11.7. The second-order valence-electron chi connectivity index (χ2n) is 5.20. The zero-order valence-electron chi connectivity index (χ0n) is 11.7. The van der Waals surface area contributed by atoms with E-state index >= 15 is 0 Å². The van der Waals surface area contributed by atoms with Gasteiger partial charge in [-0.1, -0.05) is 25.0 Å². The van der Waals surface area contributed by atoms with Crippen LogP contribution in [0.5, 0.6) is 0 Å². The van der Waals surface area contributed by atoms with E-state index < -0.39 is 11.7 Å². The maximum Gasteiger partial charge on any atom is 0.416 e. The summed E-state index contributed by atoms with van der Waals surface area (Å²) in [4.78, 5) is 13.8. The Kier molecular flexibility index (Phi) is 5.04. The van der Waals surface area contributed by atoms with Crippen LogP contribution in [-0.2, 0) is 11.0 Å². The van der Waals surface area contributed by atoms with Gasteiger partial charge < -0.3 is 4.90 Å². The minimum Gasteiger partial charge on any atom is -0.339 e. The summed E-state index contributed by atoms with van der Waals surface area (Å²) in [5.41, 5.74) is -0.320. The maximum atomic E-state index is 12.6. The van der Waals surface area contributed by atoms with Crippen LogP contribution >= 0.6 is 0 Å². The molecule has 5 heteroatoms. The molecule has 0 atom stereocenters. The minimum atomic E-state index is -4.36. The van der Waals surface area contributed by atoms with Gasteiger partial charge in [-0.2, -0.15) is 13.2 Å². The number of amides is 1. The molecule has 2 rings (SSSR count). The lowest BCUT2D eigenvalue weighted by Crippen LogP contribution is -2.30. The van der Waals surface area contributed by atoms with Gasteiger partial charge in [-0.25, -0.2) is 0 Å². The normalized spacial score (nSPS) is 17.0. The van der Waals surface area contributed by atoms with Crippen molar-refractivity contribution >= 4 is 12.0 Å². The van der Waals surface area contributed by atoms with Crippen molar-refractivity contribution in [2.45, 2.75) is 31.9 Å². The highest BCUT2D eigenvalue weighted by Gasteiger charge is 2.30. The van der Waals surface area contributed by atoms with Gasteiger partial charge in [0.05, 0.1) is 5.56 Å². The Labute approximate surface area is 122 Å². The average Bonchev–Trinajstić information content (AvgIpc) is 2.73. The number of carbonyl (C=O) groups is 1. The van der Waals surface area contributed by atoms with E-state index in [2.05, 4.69) is 0 Å². The summed E-state index contributed by atoms with van der Waals surface area (Å²) in [6.07, 6.45) is 2.68. The van der Waals surface area contributed by atoms with Crippen molar-refractivity contribution in [2.24, 2.45) is 0 Å². The molecule has 0 unspecified atom stereocenters. The van der Waals surface area contributed by atoms with E-state index in [-0.39, 0.29) is 5.91 Å². The lowest BCUT2D eigenvalue weighted by Gasteiger charge is -2.18. The number of benzene rings is 1. The highest BCUT2D eigenvalue weighted by molar-refractivity contribution is 5.91. The molecule has 1 aliphatic heterocycles. The van der Waals surface area contributed by atoms with Crippen LogP contribution in [0.2, 0.25) is 0 Å². The summed E-state index contributed by atoms with van der Waals surface area (Å²) in [6, 6.07) is 4.97. The van der Waals surface area contributed by atoms with E-state index in [1.165, 1.54) is 18.2 Å². The van der Waals surface area contributed by atoms with Crippen LogP contribution in [0.4, 0.5) is 13.2 Å². The number of halogens is 3. The number of alkyl halides is 3. The molecule has 0 aromatic heterocycles. The van der Waals surface area contributed by atoms with E-state index in [9.17, 15) is 18.0 Å². The molecule has 0 aliphatic carbocycles. The first kappa shape index (κ1) is 15.6. The Bertz CT molecular complexity index is 514. The van der Waals surface area contributed by atoms with Crippen molar-refractivity contribution in [1.82, 2.24) is 4.90 Å². The molecule has 1 saturated heterocycles. The third kappa shape index (κ3) is 4.62. The molecule has 1 aromatic carbocycles. The van der Waals surface area contributed by atoms with E-state index in [1.54, 1.807) is 11.0 Å². The number of nitrogens with zero attached hydrogens (tertiary/aromatic N) is 1. The Hall–Kier alpha value is -1.78. The Morgan fingerprint density at radius 2 is 1.76 bits per heavy atom. The molecule has 114 valence electrons. The molecule has 0 N–H and O–H groups in total. The molecule has 2 nitrogen and oxygen atoms in total. The Morgan fingerprint density at radius 1 is 1.10 bits per heavy atom. The van der Waals surface area contributed by atoms with Crippen LogP contribution in [0.25, 0.3) is 6.08 Å². The van der Waals surface area contributed by atoms with Crippen LogP contribution in [0.15, 0.2) is 30.3 Å². The van der Waals surface area contributed by atoms with Crippen LogP contribution < -0.4 is 0 Å². The number of carbonyl (C=O) groups excluding carboxylic acids is 1. The number of hydrogen-bond donors (Lipinski definition) is 0. The Balaban J connectivity index is 2.04. The lowest BCUT2D eigenvalue weighted by molar-refractivity contribution is -0.137. The molecule has 0 bridgehead atoms. The van der Waals surface area contributed by atoms with Gasteiger partial charge in [0.1, 0.15) is 0 Å². The highest BCUT2D eigenvalue weighted by Crippen LogP contribution is 2.29. The predicted octanol–water partition coefficient (Wildman–Crippen LogP) is 4.12. The largest absolute Gasteiger partial charge is 0.416 e. The number of hydrogen-bond acceptors (Lipinski definition) is 1. The smallest absolute Gasteiger partial charge is 0.339 e. The zero-order chi connectivity index (χ0) is 15.3. The van der Waals surface area contributed by atoms with Gasteiger partial charge in [-0.15, -0.1) is 0 Å². The summed E-state index contributed by atoms with van der Waals surface area (Å²) < 4.78 is 37.8. The monoisotopic (exact) mass is 297 g/mol. The highest BCUT2D eigenvalue weighted by atomic mass is 19.4. The predicted molar refractivity (Wildman–Crippen MR) is 75.5 cm³/mol. The van der Waals surface area contributed by atoms with Gasteiger partial charge >= 0.3 is 6.18 Å². The van der Waals surface area contributed by atoms with Crippen molar-refractivity contribution in [1.29, 1.82) is 0 Å². The maximum absolute atomic E-state index is 12.6. The first-order valence-corrected chi connectivity index (χ1v) is 7.11. The quantitative estimate of drug-likeness (QED) is 0.752. The van der Waals surface area contributed by atoms with Gasteiger partial charge in [0.15, 0.2) is 0 Å². The molecule has 0 saturated carbocycles. The first-order valence-electron chi connectivity index (χ1n) is 7.11. The van der Waals surface area contributed by atoms with Crippen molar-refractivity contribution < 1.29 is 18.0 Å². The fourth-order valence-corrected chi connectivity index (χ4v) is 2.38. The van der Waals surface area contributed by atoms with Gasteiger partial charge in [-0.05, 0) is 36.6 Å². The first-order chi connectivity index (χ1) is 9.97. The van der Waals surface area contributed by atoms with Crippen molar-refractivity contribution in [3.05, 3.63) is 41.5 Å². The van der Waals surface area contributed by atoms with Crippen LogP contribution in [-0.4, -0.2) is 23.9 Å². The SMILES string of the molecule is O=C(/C=C/c1cccc(C(F)(F)F)c1)N1CCCCCC1. The summed E-state index contributed by atoms with van der Waals surface area (Å²) in [5.74, 6) is -0.130. The van der Waals surface area contributed by atoms with Crippen molar-refractivity contribution in [3.8, 4) is 0 Å². The van der Waals surface area contributed by atoms with Gasteiger partial charge in [0.25, 0.3) is 0 Å². The summed E-state index contributed by atoms with van der Waals surface area (Å²) in [5, 5.41) is 0. The fraction of sp³-hybridized carbons (Fsp3) is 0.438. The van der Waals surface area contributed by atoms with Crippen molar-refractivity contribution in [2.75, 3.05) is 13.1 Å². The average molecular weight is 297 g/mol. The summed E-state index contributed by atoms with van der Waals surface area (Å²) >= 11 is 0. The lowest BCUT2D eigenvalue weighted by atomic mass is 10.1. The van der Waals surface area contributed by atoms with Gasteiger partial charge in [-0.3, -0.25) is 4.79 Å². The molecule has 1 heterocycles. The molecule has 1 aromatic rings. The number of likely N-dealkylation sites (tertiary alicyclic amines) is 1. The standard InChI is InChI=1S/C16H18F3NO/c17-16(18,19)14-7-5-6-13(12-14)8-9-15(21)20-10-3-1-2-4-11-20/h5-9,12H,1-4,10-11H2/b9-8+. The molecule has 0 radical (unpaired) electrons. The fourth-order valence-electron chi connectivity index (χ4n) is 2.38. The van der Waals surface area contributed by atoms with Crippen LogP contribution in [0, 0.1) is 0 Å². The second-order valence-corrected chi connectivity index (χ2v) is 5.20. The van der Waals surface area contributed by atoms with E-state index in [4.69, 9.17) is 0 Å². The van der Waals surface area contributed by atoms with Crippen LogP contribution in [0.3, 0.4) is 0 Å². The third-order valence-corrected chi connectivity index (χ3v) is 3.55. The molecule has 1 aliphatic rings. The molecule has 21 heavy (non-hydrogen) atoms. The van der Waals surface area contributed by atoms with Crippen LogP contribution in [0.1, 0.15) is 36.8 Å². The molecule has 0 spiro atoms. The van der Waals surface area contributed by atoms with Crippen molar-refractivity contribution in [3.63, 3.8) is 0 Å². The molecular formula is C16H18F3NO. The third-order valence-electron chi connectivity index (χ3n) is 3.55. The minimum absolute atomic E-state index is 0.130. The second kappa shape index (κ2) is 6.78. The number of rotatable bonds is 2. The van der Waals surface area contributed by atoms with E-state index in [1.807, 2.05) is 0 Å². The Morgan fingerprint density at radius 3 is 2.38 bits per heavy atom. The van der Waals surface area contributed by atoms with Gasteiger partial charge in [0.2, 0.25) is 5.91 Å². The van der Waals surface area contributed by atoms with E-state index in [0.29, 0.717) is 5.56 Å². The molecule has 1 amide bonds. The topological polar surface area (TPSA) is 20.3 Å². The summed E-state index contributed by atoms with van der Waals surface area (Å²) in [6.45, 7) is 1.46.